The molecule has 3 aromatic rings. The normalized spacial score (nSPS) is 15.3. The van der Waals surface area contributed by atoms with E-state index >= 15 is 0 Å². The summed E-state index contributed by atoms with van der Waals surface area (Å²) in [4.78, 5) is 19.3. The fraction of sp³-hybridized carbons (Fsp3) is 0.167. The SMILES string of the molecule is O=C(COc1ccccc1-c1ccccc1)N1CCCSC1=Nc1ccccc1. The highest BCUT2D eigenvalue weighted by Crippen LogP contribution is 2.30. The molecule has 146 valence electrons. The van der Waals surface area contributed by atoms with Crippen LogP contribution in [0.4, 0.5) is 5.69 Å². The number of amidine groups is 1. The Bertz CT molecular complexity index is 990. The van der Waals surface area contributed by atoms with E-state index < -0.39 is 0 Å². The van der Waals surface area contributed by atoms with Gasteiger partial charge >= 0.3 is 0 Å². The van der Waals surface area contributed by atoms with E-state index in [-0.39, 0.29) is 12.5 Å². The average Bonchev–Trinajstić information content (AvgIpc) is 2.79. The molecule has 0 radical (unpaired) electrons. The predicted molar refractivity (Wildman–Crippen MR) is 120 cm³/mol. The van der Waals surface area contributed by atoms with Gasteiger partial charge in [-0.05, 0) is 30.2 Å². The Morgan fingerprint density at radius 1 is 0.931 bits per heavy atom. The lowest BCUT2D eigenvalue weighted by atomic mass is 10.1. The van der Waals surface area contributed by atoms with Gasteiger partial charge in [0.15, 0.2) is 11.8 Å². The van der Waals surface area contributed by atoms with Crippen molar-refractivity contribution in [1.29, 1.82) is 0 Å². The van der Waals surface area contributed by atoms with Gasteiger partial charge < -0.3 is 4.74 Å². The number of nitrogens with zero attached hydrogens (tertiary/aromatic N) is 2. The third-order valence-electron chi connectivity index (χ3n) is 4.59. The van der Waals surface area contributed by atoms with Gasteiger partial charge in [0, 0.05) is 17.9 Å². The van der Waals surface area contributed by atoms with Gasteiger partial charge in [-0.15, -0.1) is 0 Å². The van der Waals surface area contributed by atoms with Crippen molar-refractivity contribution in [2.45, 2.75) is 6.42 Å². The molecule has 1 saturated heterocycles. The quantitative estimate of drug-likeness (QED) is 0.575. The molecule has 1 amide bonds. The maximum Gasteiger partial charge on any atom is 0.266 e. The Morgan fingerprint density at radius 3 is 2.41 bits per heavy atom. The second kappa shape index (κ2) is 9.43. The van der Waals surface area contributed by atoms with Crippen LogP contribution in [0, 0.1) is 0 Å². The lowest BCUT2D eigenvalue weighted by molar-refractivity contribution is -0.129. The van der Waals surface area contributed by atoms with Crippen molar-refractivity contribution in [3.8, 4) is 16.9 Å². The molecule has 0 unspecified atom stereocenters. The van der Waals surface area contributed by atoms with Crippen LogP contribution < -0.4 is 4.74 Å². The number of benzene rings is 3. The Morgan fingerprint density at radius 2 is 1.62 bits per heavy atom. The van der Waals surface area contributed by atoms with E-state index in [0.717, 1.165) is 34.2 Å². The number of para-hydroxylation sites is 2. The molecular weight excluding hydrogens is 380 g/mol. The van der Waals surface area contributed by atoms with E-state index in [0.29, 0.717) is 12.3 Å². The van der Waals surface area contributed by atoms with E-state index in [4.69, 9.17) is 4.74 Å². The van der Waals surface area contributed by atoms with E-state index in [1.807, 2.05) is 84.9 Å². The average molecular weight is 403 g/mol. The van der Waals surface area contributed by atoms with Crippen LogP contribution in [0.3, 0.4) is 0 Å². The smallest absolute Gasteiger partial charge is 0.266 e. The minimum Gasteiger partial charge on any atom is -0.483 e. The molecule has 0 spiro atoms. The van der Waals surface area contributed by atoms with Gasteiger partial charge in [0.05, 0.1) is 5.69 Å². The van der Waals surface area contributed by atoms with Gasteiger partial charge in [0.25, 0.3) is 5.91 Å². The lowest BCUT2D eigenvalue weighted by Gasteiger charge is -2.27. The topological polar surface area (TPSA) is 41.9 Å². The van der Waals surface area contributed by atoms with Crippen molar-refractivity contribution < 1.29 is 9.53 Å². The van der Waals surface area contributed by atoms with Crippen LogP contribution in [0.2, 0.25) is 0 Å². The molecular formula is C24H22N2O2S. The van der Waals surface area contributed by atoms with Crippen LogP contribution in [0.15, 0.2) is 89.9 Å². The van der Waals surface area contributed by atoms with Crippen molar-refractivity contribution in [2.75, 3.05) is 18.9 Å². The monoisotopic (exact) mass is 402 g/mol. The minimum atomic E-state index is -0.0743. The summed E-state index contributed by atoms with van der Waals surface area (Å²) < 4.78 is 5.95. The summed E-state index contributed by atoms with van der Waals surface area (Å²) in [6.45, 7) is 0.652. The number of amides is 1. The van der Waals surface area contributed by atoms with Gasteiger partial charge in [-0.3, -0.25) is 9.69 Å². The number of ether oxygens (including phenoxy) is 1. The molecule has 0 saturated carbocycles. The number of hydrogen-bond acceptors (Lipinski definition) is 4. The Labute approximate surface area is 175 Å². The summed E-state index contributed by atoms with van der Waals surface area (Å²) in [6, 6.07) is 27.6. The van der Waals surface area contributed by atoms with E-state index in [2.05, 4.69) is 4.99 Å². The van der Waals surface area contributed by atoms with Gasteiger partial charge in [0.2, 0.25) is 0 Å². The van der Waals surface area contributed by atoms with Crippen molar-refractivity contribution in [1.82, 2.24) is 4.90 Å². The van der Waals surface area contributed by atoms with Crippen molar-refractivity contribution in [3.63, 3.8) is 0 Å². The van der Waals surface area contributed by atoms with Gasteiger partial charge in [-0.2, -0.15) is 0 Å². The number of hydrogen-bond donors (Lipinski definition) is 0. The van der Waals surface area contributed by atoms with Gasteiger partial charge in [0.1, 0.15) is 5.75 Å². The first-order chi connectivity index (χ1) is 14.3. The molecule has 5 heteroatoms. The van der Waals surface area contributed by atoms with Gasteiger partial charge in [-0.1, -0.05) is 78.5 Å². The standard InChI is InChI=1S/C24H22N2O2S/c27-23(26-16-9-17-29-24(26)25-20-12-5-2-6-13-20)18-28-22-15-8-7-14-21(22)19-10-3-1-4-11-19/h1-8,10-15H,9,16-18H2. The van der Waals surface area contributed by atoms with Crippen molar-refractivity contribution >= 4 is 28.5 Å². The van der Waals surface area contributed by atoms with E-state index in [1.54, 1.807) is 16.7 Å². The van der Waals surface area contributed by atoms with Crippen molar-refractivity contribution in [3.05, 3.63) is 84.9 Å². The molecule has 4 rings (SSSR count). The van der Waals surface area contributed by atoms with Crippen LogP contribution in [-0.2, 0) is 4.79 Å². The Balaban J connectivity index is 1.49. The van der Waals surface area contributed by atoms with Crippen LogP contribution in [-0.4, -0.2) is 34.9 Å². The molecule has 29 heavy (non-hydrogen) atoms. The molecule has 4 nitrogen and oxygen atoms in total. The molecule has 3 aromatic carbocycles. The zero-order valence-corrected chi connectivity index (χ0v) is 16.8. The highest BCUT2D eigenvalue weighted by molar-refractivity contribution is 8.13. The summed E-state index contributed by atoms with van der Waals surface area (Å²) in [7, 11) is 0. The summed E-state index contributed by atoms with van der Waals surface area (Å²) in [5.41, 5.74) is 2.90. The lowest BCUT2D eigenvalue weighted by Crippen LogP contribution is -2.41. The molecule has 0 aliphatic carbocycles. The first kappa shape index (κ1) is 19.3. The third kappa shape index (κ3) is 4.87. The molecule has 0 aromatic heterocycles. The van der Waals surface area contributed by atoms with E-state index in [1.165, 1.54) is 0 Å². The molecule has 1 fully saturated rings. The zero-order valence-electron chi connectivity index (χ0n) is 16.0. The second-order valence-electron chi connectivity index (χ2n) is 6.63. The first-order valence-electron chi connectivity index (χ1n) is 9.65. The highest BCUT2D eigenvalue weighted by Gasteiger charge is 2.24. The fourth-order valence-electron chi connectivity index (χ4n) is 3.16. The predicted octanol–water partition coefficient (Wildman–Crippen LogP) is 5.39. The third-order valence-corrected chi connectivity index (χ3v) is 5.66. The highest BCUT2D eigenvalue weighted by atomic mass is 32.2. The van der Waals surface area contributed by atoms with E-state index in [9.17, 15) is 4.79 Å². The van der Waals surface area contributed by atoms with Crippen LogP contribution >= 0.6 is 11.8 Å². The number of aliphatic imine (C=N–C) groups is 1. The Hall–Kier alpha value is -3.05. The molecule has 0 bridgehead atoms. The van der Waals surface area contributed by atoms with Crippen molar-refractivity contribution in [2.24, 2.45) is 4.99 Å². The summed E-state index contributed by atoms with van der Waals surface area (Å²) in [6.07, 6.45) is 0.949. The summed E-state index contributed by atoms with van der Waals surface area (Å²) in [5.74, 6) is 1.60. The summed E-state index contributed by atoms with van der Waals surface area (Å²) >= 11 is 1.62. The molecule has 0 N–H and O–H groups in total. The molecule has 1 aliphatic heterocycles. The number of thioether (sulfide) groups is 1. The number of carbonyl (C=O) groups excluding carboxylic acids is 1. The molecule has 1 heterocycles. The fourth-order valence-corrected chi connectivity index (χ4v) is 4.14. The minimum absolute atomic E-state index is 0.0157. The van der Waals surface area contributed by atoms with Crippen LogP contribution in [0.5, 0.6) is 5.75 Å². The molecule has 0 atom stereocenters. The van der Waals surface area contributed by atoms with Crippen LogP contribution in [0.25, 0.3) is 11.1 Å². The zero-order chi connectivity index (χ0) is 19.9. The molecule has 1 aliphatic rings. The number of carbonyl (C=O) groups is 1. The van der Waals surface area contributed by atoms with Crippen LogP contribution in [0.1, 0.15) is 6.42 Å². The first-order valence-corrected chi connectivity index (χ1v) is 10.6. The van der Waals surface area contributed by atoms with Gasteiger partial charge in [-0.25, -0.2) is 4.99 Å². The second-order valence-corrected chi connectivity index (χ2v) is 7.69. The maximum atomic E-state index is 12.9. The largest absolute Gasteiger partial charge is 0.483 e. The Kier molecular flexibility index (Phi) is 6.27. The summed E-state index contributed by atoms with van der Waals surface area (Å²) in [5, 5.41) is 0.743. The number of rotatable bonds is 5. The maximum absolute atomic E-state index is 12.9.